The van der Waals surface area contributed by atoms with Crippen LogP contribution in [0.25, 0.3) is 0 Å². The molecule has 0 saturated heterocycles. The molecule has 0 bridgehead atoms. The molecule has 3 nitrogen and oxygen atoms in total. The average molecular weight is 396 g/mol. The lowest BCUT2D eigenvalue weighted by molar-refractivity contribution is 0.0823. The summed E-state index contributed by atoms with van der Waals surface area (Å²) in [5.74, 6) is -0.0248. The van der Waals surface area contributed by atoms with E-state index in [0.29, 0.717) is 12.1 Å². The fourth-order valence-corrected chi connectivity index (χ4v) is 3.28. The molecule has 1 fully saturated rings. The van der Waals surface area contributed by atoms with Crippen LogP contribution in [0, 0.1) is 0 Å². The van der Waals surface area contributed by atoms with Gasteiger partial charge in [-0.05, 0) is 54.7 Å². The van der Waals surface area contributed by atoms with Crippen molar-refractivity contribution in [1.29, 1.82) is 0 Å². The van der Waals surface area contributed by atoms with Crippen LogP contribution in [0.5, 0.6) is 0 Å². The first-order valence-electron chi connectivity index (χ1n) is 7.50. The summed E-state index contributed by atoms with van der Waals surface area (Å²) >= 11 is 3.51. The predicted octanol–water partition coefficient (Wildman–Crippen LogP) is 4.14. The number of amides is 1. The highest BCUT2D eigenvalue weighted by Gasteiger charge is 2.40. The maximum atomic E-state index is 12.6. The zero-order chi connectivity index (χ0) is 15.6. The average Bonchev–Trinajstić information content (AvgIpc) is 2.50. The van der Waals surface area contributed by atoms with Crippen molar-refractivity contribution in [3.8, 4) is 0 Å². The molecule has 1 aliphatic rings. The maximum absolute atomic E-state index is 12.6. The first-order chi connectivity index (χ1) is 10.6. The highest BCUT2D eigenvalue weighted by Crippen LogP contribution is 2.42. The van der Waals surface area contributed by atoms with Gasteiger partial charge >= 0.3 is 0 Å². The second-order valence-corrected chi connectivity index (χ2v) is 6.72. The van der Waals surface area contributed by atoms with E-state index in [1.54, 1.807) is 0 Å². The molecule has 0 unspecified atom stereocenters. The molecule has 1 saturated carbocycles. The third-order valence-electron chi connectivity index (χ3n) is 4.39. The molecule has 3 rings (SSSR count). The molecule has 0 atom stereocenters. The minimum Gasteiger partial charge on any atom is -0.343 e. The number of benzene rings is 2. The smallest absolute Gasteiger partial charge is 0.251 e. The van der Waals surface area contributed by atoms with Crippen LogP contribution in [-0.2, 0) is 12.1 Å². The minimum atomic E-state index is -0.229. The monoisotopic (exact) mass is 394 g/mol. The van der Waals surface area contributed by atoms with Gasteiger partial charge < -0.3 is 11.1 Å². The van der Waals surface area contributed by atoms with Gasteiger partial charge in [-0.25, -0.2) is 0 Å². The summed E-state index contributed by atoms with van der Waals surface area (Å²) in [6.07, 6.45) is 3.10. The first-order valence-corrected chi connectivity index (χ1v) is 8.30. The van der Waals surface area contributed by atoms with E-state index in [2.05, 4.69) is 33.4 Å². The van der Waals surface area contributed by atoms with Gasteiger partial charge in [0.1, 0.15) is 0 Å². The van der Waals surface area contributed by atoms with Gasteiger partial charge in [0.15, 0.2) is 0 Å². The van der Waals surface area contributed by atoms with Gasteiger partial charge in [0.2, 0.25) is 0 Å². The zero-order valence-corrected chi connectivity index (χ0v) is 15.1. The molecule has 1 aliphatic carbocycles. The summed E-state index contributed by atoms with van der Waals surface area (Å²) in [4.78, 5) is 12.6. The van der Waals surface area contributed by atoms with Gasteiger partial charge in [-0.15, -0.1) is 12.4 Å². The van der Waals surface area contributed by atoms with E-state index in [1.807, 2.05) is 36.4 Å². The third kappa shape index (κ3) is 3.77. The van der Waals surface area contributed by atoms with Crippen LogP contribution in [-0.4, -0.2) is 5.91 Å². The molecule has 2 aromatic rings. The Hall–Kier alpha value is -1.36. The van der Waals surface area contributed by atoms with Crippen molar-refractivity contribution in [2.45, 2.75) is 31.3 Å². The molecule has 122 valence electrons. The normalized spacial score (nSPS) is 15.2. The molecule has 0 aromatic heterocycles. The molecular formula is C18H20BrClN2O. The predicted molar refractivity (Wildman–Crippen MR) is 98.7 cm³/mol. The molecule has 3 N–H and O–H groups in total. The number of halogens is 2. The molecule has 1 amide bonds. The zero-order valence-electron chi connectivity index (χ0n) is 12.7. The van der Waals surface area contributed by atoms with Crippen LogP contribution in [0.3, 0.4) is 0 Å². The lowest BCUT2D eigenvalue weighted by Gasteiger charge is -2.43. The highest BCUT2D eigenvalue weighted by atomic mass is 79.9. The van der Waals surface area contributed by atoms with Crippen LogP contribution in [0.2, 0.25) is 0 Å². The van der Waals surface area contributed by atoms with Gasteiger partial charge in [0.25, 0.3) is 5.91 Å². The molecule has 5 heteroatoms. The number of hydrogen-bond acceptors (Lipinski definition) is 2. The maximum Gasteiger partial charge on any atom is 0.251 e. The lowest BCUT2D eigenvalue weighted by atomic mass is 9.71. The van der Waals surface area contributed by atoms with Gasteiger partial charge in [-0.2, -0.15) is 0 Å². The van der Waals surface area contributed by atoms with Gasteiger partial charge in [-0.3, -0.25) is 4.79 Å². The minimum absolute atomic E-state index is 0. The standard InChI is InChI=1S/C18H19BrN2O.ClH/c19-16-4-1-3-15(11-16)18(9-2-10-18)21-17(22)14-7-5-13(12-20)6-8-14;/h1,3-8,11H,2,9-10,12,20H2,(H,21,22);1H. The van der Waals surface area contributed by atoms with Crippen LogP contribution in [0.1, 0.15) is 40.7 Å². The summed E-state index contributed by atoms with van der Waals surface area (Å²) in [7, 11) is 0. The number of nitrogens with one attached hydrogen (secondary N) is 1. The van der Waals surface area contributed by atoms with E-state index in [-0.39, 0.29) is 23.9 Å². The van der Waals surface area contributed by atoms with E-state index in [9.17, 15) is 4.79 Å². The van der Waals surface area contributed by atoms with E-state index < -0.39 is 0 Å². The van der Waals surface area contributed by atoms with Crippen LogP contribution in [0.15, 0.2) is 53.0 Å². The molecule has 0 aliphatic heterocycles. The molecule has 0 spiro atoms. The number of carbonyl (C=O) groups is 1. The molecular weight excluding hydrogens is 376 g/mol. The highest BCUT2D eigenvalue weighted by molar-refractivity contribution is 9.10. The Kier molecular flexibility index (Phi) is 5.84. The fourth-order valence-electron chi connectivity index (χ4n) is 2.88. The van der Waals surface area contributed by atoms with Crippen LogP contribution >= 0.6 is 28.3 Å². The van der Waals surface area contributed by atoms with Crippen molar-refractivity contribution in [2.75, 3.05) is 0 Å². The number of carbonyl (C=O) groups excluding carboxylic acids is 1. The number of hydrogen-bond donors (Lipinski definition) is 2. The SMILES string of the molecule is Cl.NCc1ccc(C(=O)NC2(c3cccc(Br)c3)CCC2)cc1. The summed E-state index contributed by atoms with van der Waals surface area (Å²) < 4.78 is 1.04. The van der Waals surface area contributed by atoms with Gasteiger partial charge in [-0.1, -0.05) is 40.2 Å². The summed E-state index contributed by atoms with van der Waals surface area (Å²) in [5, 5.41) is 3.24. The Labute approximate surface area is 151 Å². The second kappa shape index (κ2) is 7.47. The Morgan fingerprint density at radius 2 is 1.87 bits per heavy atom. The van der Waals surface area contributed by atoms with E-state index >= 15 is 0 Å². The molecule has 0 radical (unpaired) electrons. The van der Waals surface area contributed by atoms with E-state index in [0.717, 1.165) is 29.3 Å². The largest absolute Gasteiger partial charge is 0.343 e. The Bertz CT molecular complexity index is 684. The van der Waals surface area contributed by atoms with E-state index in [4.69, 9.17) is 5.73 Å². The van der Waals surface area contributed by atoms with Crippen molar-refractivity contribution >= 4 is 34.2 Å². The van der Waals surface area contributed by atoms with Crippen molar-refractivity contribution in [1.82, 2.24) is 5.32 Å². The van der Waals surface area contributed by atoms with Crippen molar-refractivity contribution in [2.24, 2.45) is 5.73 Å². The third-order valence-corrected chi connectivity index (χ3v) is 4.88. The Balaban J connectivity index is 0.00000192. The Morgan fingerprint density at radius 1 is 1.17 bits per heavy atom. The topological polar surface area (TPSA) is 55.1 Å². The van der Waals surface area contributed by atoms with Crippen molar-refractivity contribution in [3.63, 3.8) is 0 Å². The quantitative estimate of drug-likeness (QED) is 0.817. The van der Waals surface area contributed by atoms with Crippen LogP contribution in [0.4, 0.5) is 0 Å². The Morgan fingerprint density at radius 3 is 2.39 bits per heavy atom. The summed E-state index contributed by atoms with van der Waals surface area (Å²) in [6, 6.07) is 15.7. The molecule has 0 heterocycles. The number of rotatable bonds is 4. The summed E-state index contributed by atoms with van der Waals surface area (Å²) in [6.45, 7) is 0.490. The van der Waals surface area contributed by atoms with Gasteiger partial charge in [0, 0.05) is 16.6 Å². The van der Waals surface area contributed by atoms with Crippen LogP contribution < -0.4 is 11.1 Å². The summed E-state index contributed by atoms with van der Waals surface area (Å²) in [5.41, 5.74) is 8.24. The molecule has 2 aromatic carbocycles. The van der Waals surface area contributed by atoms with Crippen molar-refractivity contribution in [3.05, 3.63) is 69.7 Å². The fraction of sp³-hybridized carbons (Fsp3) is 0.278. The van der Waals surface area contributed by atoms with Crippen molar-refractivity contribution < 1.29 is 4.79 Å². The first kappa shape index (κ1) is 18.0. The lowest BCUT2D eigenvalue weighted by Crippen LogP contribution is -2.50. The van der Waals surface area contributed by atoms with E-state index in [1.165, 1.54) is 5.56 Å². The second-order valence-electron chi connectivity index (χ2n) is 5.80. The van der Waals surface area contributed by atoms with Gasteiger partial charge in [0.05, 0.1) is 5.54 Å². The molecule has 23 heavy (non-hydrogen) atoms. The number of nitrogens with two attached hydrogens (primary N) is 1.